The number of aryl methyl sites for hydroxylation is 1. The molecular weight excluding hydrogens is 314 g/mol. The Kier molecular flexibility index (Phi) is 6.15. The molecule has 0 aromatic heterocycles. The molecule has 0 bridgehead atoms. The first-order valence-corrected chi connectivity index (χ1v) is 7.19. The summed E-state index contributed by atoms with van der Waals surface area (Å²) in [6, 6.07) is 10.0. The minimum Gasteiger partial charge on any atom is -0.478 e. The minimum atomic E-state index is -0.785. The zero-order valence-corrected chi connectivity index (χ0v) is 13.0. The van der Waals surface area contributed by atoms with Gasteiger partial charge in [0.05, 0.1) is 6.54 Å². The molecule has 0 aliphatic carbocycles. The largest absolute Gasteiger partial charge is 0.478 e. The fraction of sp³-hybridized carbons (Fsp3) is 0.167. The van der Waals surface area contributed by atoms with Crippen molar-refractivity contribution < 1.29 is 18.3 Å². The van der Waals surface area contributed by atoms with Crippen LogP contribution in [0.5, 0.6) is 5.75 Å². The molecule has 6 heteroatoms. The van der Waals surface area contributed by atoms with Crippen LogP contribution >= 0.6 is 0 Å². The standard InChI is InChI=1S/C18H16F2N2O2/c1-13-4-7-15(8-5-13)22-18(23)21-10-2-3-11-24-17-9-6-14(19)12-16(17)20/h4-9,12H,10-11H2,1H3,(H2,21,22,23). The van der Waals surface area contributed by atoms with Gasteiger partial charge >= 0.3 is 6.03 Å². The van der Waals surface area contributed by atoms with E-state index in [0.717, 1.165) is 17.7 Å². The summed E-state index contributed by atoms with van der Waals surface area (Å²) in [4.78, 5) is 11.6. The van der Waals surface area contributed by atoms with Crippen LogP contribution in [-0.2, 0) is 0 Å². The summed E-state index contributed by atoms with van der Waals surface area (Å²) in [7, 11) is 0. The van der Waals surface area contributed by atoms with Gasteiger partial charge in [-0.2, -0.15) is 0 Å². The van der Waals surface area contributed by atoms with Crippen molar-refractivity contribution in [3.05, 3.63) is 59.7 Å². The van der Waals surface area contributed by atoms with Crippen LogP contribution in [0.1, 0.15) is 5.56 Å². The molecule has 0 saturated heterocycles. The molecule has 0 atom stereocenters. The van der Waals surface area contributed by atoms with Gasteiger partial charge in [-0.05, 0) is 31.2 Å². The van der Waals surface area contributed by atoms with Gasteiger partial charge in [0.1, 0.15) is 12.4 Å². The molecule has 0 spiro atoms. The van der Waals surface area contributed by atoms with E-state index in [9.17, 15) is 13.6 Å². The van der Waals surface area contributed by atoms with Crippen LogP contribution in [0.25, 0.3) is 0 Å². The summed E-state index contributed by atoms with van der Waals surface area (Å²) >= 11 is 0. The number of ether oxygens (including phenoxy) is 1. The maximum atomic E-state index is 13.3. The summed E-state index contributed by atoms with van der Waals surface area (Å²) in [5.41, 5.74) is 1.78. The number of nitrogens with one attached hydrogen (secondary N) is 2. The van der Waals surface area contributed by atoms with Crippen LogP contribution < -0.4 is 15.4 Å². The van der Waals surface area contributed by atoms with E-state index in [1.54, 1.807) is 12.1 Å². The van der Waals surface area contributed by atoms with Gasteiger partial charge in [0.25, 0.3) is 0 Å². The lowest BCUT2D eigenvalue weighted by Gasteiger charge is -2.05. The van der Waals surface area contributed by atoms with Crippen molar-refractivity contribution >= 4 is 11.7 Å². The lowest BCUT2D eigenvalue weighted by atomic mass is 10.2. The zero-order chi connectivity index (χ0) is 17.4. The number of carbonyl (C=O) groups is 1. The number of urea groups is 1. The number of benzene rings is 2. The molecule has 2 aromatic carbocycles. The Morgan fingerprint density at radius 1 is 1.12 bits per heavy atom. The third-order valence-electron chi connectivity index (χ3n) is 2.97. The SMILES string of the molecule is Cc1ccc(NC(=O)NCC#CCOc2ccc(F)cc2F)cc1. The molecule has 2 aromatic rings. The molecule has 0 fully saturated rings. The second-order valence-electron chi connectivity index (χ2n) is 4.89. The first kappa shape index (κ1) is 17.3. The highest BCUT2D eigenvalue weighted by Gasteiger charge is 2.03. The van der Waals surface area contributed by atoms with E-state index in [0.29, 0.717) is 5.69 Å². The average Bonchev–Trinajstić information content (AvgIpc) is 2.54. The number of carbonyl (C=O) groups excluding carboxylic acids is 1. The van der Waals surface area contributed by atoms with Crippen LogP contribution in [0, 0.1) is 30.4 Å². The lowest BCUT2D eigenvalue weighted by molar-refractivity contribution is 0.253. The Morgan fingerprint density at radius 2 is 1.88 bits per heavy atom. The van der Waals surface area contributed by atoms with Crippen LogP contribution in [0.2, 0.25) is 0 Å². The van der Waals surface area contributed by atoms with E-state index in [1.165, 1.54) is 6.07 Å². The molecule has 124 valence electrons. The van der Waals surface area contributed by atoms with Crippen molar-refractivity contribution in [3.8, 4) is 17.6 Å². The highest BCUT2D eigenvalue weighted by atomic mass is 19.1. The molecule has 24 heavy (non-hydrogen) atoms. The molecule has 0 heterocycles. The molecule has 4 nitrogen and oxygen atoms in total. The third-order valence-corrected chi connectivity index (χ3v) is 2.97. The van der Waals surface area contributed by atoms with Crippen LogP contribution in [0.4, 0.5) is 19.3 Å². The van der Waals surface area contributed by atoms with Gasteiger partial charge in [-0.3, -0.25) is 0 Å². The zero-order valence-electron chi connectivity index (χ0n) is 13.0. The highest BCUT2D eigenvalue weighted by Crippen LogP contribution is 2.17. The second-order valence-corrected chi connectivity index (χ2v) is 4.89. The van der Waals surface area contributed by atoms with E-state index < -0.39 is 11.6 Å². The van der Waals surface area contributed by atoms with Gasteiger partial charge in [-0.25, -0.2) is 13.6 Å². The van der Waals surface area contributed by atoms with E-state index in [1.807, 2.05) is 19.1 Å². The normalized spacial score (nSPS) is 9.62. The maximum Gasteiger partial charge on any atom is 0.319 e. The molecule has 2 rings (SSSR count). The Morgan fingerprint density at radius 3 is 2.58 bits per heavy atom. The van der Waals surface area contributed by atoms with Gasteiger partial charge in [0.2, 0.25) is 0 Å². The molecule has 0 unspecified atom stereocenters. The van der Waals surface area contributed by atoms with E-state index in [4.69, 9.17) is 4.74 Å². The molecule has 0 saturated carbocycles. The highest BCUT2D eigenvalue weighted by molar-refractivity contribution is 5.89. The number of anilines is 1. The quantitative estimate of drug-likeness (QED) is 0.843. The van der Waals surface area contributed by atoms with Crippen molar-refractivity contribution in [2.24, 2.45) is 0 Å². The Hall–Kier alpha value is -3.07. The molecule has 0 aliphatic heterocycles. The fourth-order valence-electron chi connectivity index (χ4n) is 1.76. The summed E-state index contributed by atoms with van der Waals surface area (Å²) in [5, 5.41) is 5.22. The van der Waals surface area contributed by atoms with Gasteiger partial charge in [0, 0.05) is 11.8 Å². The number of hydrogen-bond donors (Lipinski definition) is 2. The molecule has 0 aliphatic rings. The number of halogens is 2. The first-order chi connectivity index (χ1) is 11.5. The van der Waals surface area contributed by atoms with Crippen molar-refractivity contribution in [2.45, 2.75) is 6.92 Å². The Balaban J connectivity index is 1.69. The van der Waals surface area contributed by atoms with Gasteiger partial charge in [0.15, 0.2) is 11.6 Å². The minimum absolute atomic E-state index is 0.0657. The average molecular weight is 330 g/mol. The van der Waals surface area contributed by atoms with E-state index >= 15 is 0 Å². The summed E-state index contributed by atoms with van der Waals surface area (Å²) < 4.78 is 31.1. The fourth-order valence-corrected chi connectivity index (χ4v) is 1.76. The van der Waals surface area contributed by atoms with Gasteiger partial charge in [-0.1, -0.05) is 29.5 Å². The smallest absolute Gasteiger partial charge is 0.319 e. The van der Waals surface area contributed by atoms with Crippen LogP contribution in [-0.4, -0.2) is 19.2 Å². The van der Waals surface area contributed by atoms with Crippen molar-refractivity contribution in [2.75, 3.05) is 18.5 Å². The topological polar surface area (TPSA) is 50.4 Å². The number of rotatable bonds is 4. The molecule has 2 N–H and O–H groups in total. The lowest BCUT2D eigenvalue weighted by Crippen LogP contribution is -2.28. The van der Waals surface area contributed by atoms with E-state index in [-0.39, 0.29) is 24.9 Å². The van der Waals surface area contributed by atoms with Gasteiger partial charge in [-0.15, -0.1) is 0 Å². The second kappa shape index (κ2) is 8.53. The van der Waals surface area contributed by atoms with Crippen molar-refractivity contribution in [1.29, 1.82) is 0 Å². The maximum absolute atomic E-state index is 13.3. The number of amides is 2. The number of hydrogen-bond acceptors (Lipinski definition) is 2. The first-order valence-electron chi connectivity index (χ1n) is 7.19. The van der Waals surface area contributed by atoms with Crippen LogP contribution in [0.3, 0.4) is 0 Å². The van der Waals surface area contributed by atoms with E-state index in [2.05, 4.69) is 22.5 Å². The predicted molar refractivity (Wildman–Crippen MR) is 87.8 cm³/mol. The molecule has 0 radical (unpaired) electrons. The van der Waals surface area contributed by atoms with Crippen molar-refractivity contribution in [1.82, 2.24) is 5.32 Å². The van der Waals surface area contributed by atoms with Crippen molar-refractivity contribution in [3.63, 3.8) is 0 Å². The van der Waals surface area contributed by atoms with Gasteiger partial charge < -0.3 is 15.4 Å². The Bertz CT molecular complexity index is 765. The Labute approximate surface area is 138 Å². The summed E-state index contributed by atoms with van der Waals surface area (Å²) in [5.74, 6) is 3.77. The summed E-state index contributed by atoms with van der Waals surface area (Å²) in [6.07, 6.45) is 0. The monoisotopic (exact) mass is 330 g/mol. The predicted octanol–water partition coefficient (Wildman–Crippen LogP) is 3.48. The summed E-state index contributed by atoms with van der Waals surface area (Å²) in [6.45, 7) is 2.01. The van der Waals surface area contributed by atoms with Crippen LogP contribution in [0.15, 0.2) is 42.5 Å². The molecule has 2 amide bonds. The third kappa shape index (κ3) is 5.61. The molecular formula is C18H16F2N2O2.